The second kappa shape index (κ2) is 4.58. The van der Waals surface area contributed by atoms with E-state index >= 15 is 0 Å². The predicted octanol–water partition coefficient (Wildman–Crippen LogP) is 2.64. The molecule has 2 aliphatic heterocycles. The average Bonchev–Trinajstić information content (AvgIpc) is 2.36. The summed E-state index contributed by atoms with van der Waals surface area (Å²) < 4.78 is 0.922. The van der Waals surface area contributed by atoms with Crippen molar-refractivity contribution in [2.45, 2.75) is 9.83 Å². The van der Waals surface area contributed by atoms with Gasteiger partial charge in [-0.05, 0) is 0 Å². The SMILES string of the molecule is C1CSC(CSC2CSC2)S1. The maximum Gasteiger partial charge on any atom is 0.0593 e. The predicted molar refractivity (Wildman–Crippen MR) is 62.3 cm³/mol. The fourth-order valence-corrected chi connectivity index (χ4v) is 6.73. The highest BCUT2D eigenvalue weighted by Crippen LogP contribution is 2.37. The van der Waals surface area contributed by atoms with Crippen molar-refractivity contribution in [1.82, 2.24) is 0 Å². The molecule has 0 aliphatic carbocycles. The monoisotopic (exact) mass is 224 g/mol. The third-order valence-corrected chi connectivity index (χ3v) is 8.25. The molecule has 0 aromatic carbocycles. The van der Waals surface area contributed by atoms with Crippen LogP contribution in [0.5, 0.6) is 0 Å². The average molecular weight is 224 g/mol. The van der Waals surface area contributed by atoms with Crippen LogP contribution in [0.3, 0.4) is 0 Å². The first-order valence-electron chi connectivity index (χ1n) is 3.88. The lowest BCUT2D eigenvalue weighted by atomic mass is 10.5. The van der Waals surface area contributed by atoms with E-state index in [1.807, 2.05) is 0 Å². The summed E-state index contributed by atoms with van der Waals surface area (Å²) in [6.45, 7) is 0. The second-order valence-corrected chi connectivity index (χ2v) is 7.99. The van der Waals surface area contributed by atoms with Crippen LogP contribution < -0.4 is 0 Å². The van der Waals surface area contributed by atoms with E-state index < -0.39 is 0 Å². The van der Waals surface area contributed by atoms with Gasteiger partial charge in [0.2, 0.25) is 0 Å². The van der Waals surface area contributed by atoms with Gasteiger partial charge >= 0.3 is 0 Å². The molecule has 0 amide bonds. The molecule has 0 unspecified atom stereocenters. The summed E-state index contributed by atoms with van der Waals surface area (Å²) in [5, 5.41) is 1.00. The van der Waals surface area contributed by atoms with Crippen LogP contribution in [0.4, 0.5) is 0 Å². The molecule has 0 spiro atoms. The Morgan fingerprint density at radius 1 is 1.18 bits per heavy atom. The Balaban J connectivity index is 1.57. The Hall–Kier alpha value is 1.40. The van der Waals surface area contributed by atoms with E-state index in [2.05, 4.69) is 47.0 Å². The van der Waals surface area contributed by atoms with Crippen LogP contribution in [0, 0.1) is 0 Å². The fraction of sp³-hybridized carbons (Fsp3) is 1.00. The van der Waals surface area contributed by atoms with Crippen LogP contribution in [0.15, 0.2) is 0 Å². The summed E-state index contributed by atoms with van der Waals surface area (Å²) in [6.07, 6.45) is 0. The van der Waals surface area contributed by atoms with Crippen molar-refractivity contribution in [2.75, 3.05) is 28.8 Å². The first kappa shape index (κ1) is 8.97. The van der Waals surface area contributed by atoms with E-state index in [-0.39, 0.29) is 0 Å². The molecule has 4 heteroatoms. The minimum atomic E-state index is 0.922. The molecule has 2 saturated heterocycles. The molecule has 0 radical (unpaired) electrons. The van der Waals surface area contributed by atoms with Gasteiger partial charge in [-0.3, -0.25) is 0 Å². The standard InChI is InChI=1S/C7H12S4/c1-2-10-7(9-1)5-11-6-3-8-4-6/h6-7H,1-5H2. The van der Waals surface area contributed by atoms with Crippen molar-refractivity contribution in [3.8, 4) is 0 Å². The van der Waals surface area contributed by atoms with Gasteiger partial charge in [0.25, 0.3) is 0 Å². The first-order valence-corrected chi connectivity index (χ1v) is 8.18. The second-order valence-electron chi connectivity index (χ2n) is 2.66. The van der Waals surface area contributed by atoms with E-state index in [0.29, 0.717) is 0 Å². The molecule has 0 aromatic rings. The quantitative estimate of drug-likeness (QED) is 0.722. The van der Waals surface area contributed by atoms with E-state index in [4.69, 9.17) is 0 Å². The molecule has 2 rings (SSSR count). The van der Waals surface area contributed by atoms with Gasteiger partial charge in [0.05, 0.1) is 4.58 Å². The van der Waals surface area contributed by atoms with Gasteiger partial charge < -0.3 is 0 Å². The zero-order valence-electron chi connectivity index (χ0n) is 6.32. The highest BCUT2D eigenvalue weighted by molar-refractivity contribution is 8.21. The third kappa shape index (κ3) is 2.68. The van der Waals surface area contributed by atoms with Crippen molar-refractivity contribution < 1.29 is 0 Å². The zero-order chi connectivity index (χ0) is 7.52. The third-order valence-electron chi connectivity index (χ3n) is 1.77. The minimum absolute atomic E-state index is 0.922. The lowest BCUT2D eigenvalue weighted by Gasteiger charge is -2.24. The van der Waals surface area contributed by atoms with Crippen molar-refractivity contribution in [3.05, 3.63) is 0 Å². The van der Waals surface area contributed by atoms with E-state index in [1.54, 1.807) is 0 Å². The molecule has 2 aliphatic rings. The highest BCUT2D eigenvalue weighted by Gasteiger charge is 2.22. The molecule has 2 heterocycles. The van der Waals surface area contributed by atoms with Crippen LogP contribution in [0.1, 0.15) is 0 Å². The van der Waals surface area contributed by atoms with Gasteiger partial charge in [-0.25, -0.2) is 0 Å². The summed E-state index contributed by atoms with van der Waals surface area (Å²) >= 11 is 8.60. The molecule has 0 N–H and O–H groups in total. The number of hydrogen-bond acceptors (Lipinski definition) is 4. The van der Waals surface area contributed by atoms with Gasteiger partial charge in [-0.2, -0.15) is 23.5 Å². The summed E-state index contributed by atoms with van der Waals surface area (Å²) in [4.78, 5) is 0. The molecular formula is C7H12S4. The number of thioether (sulfide) groups is 4. The zero-order valence-corrected chi connectivity index (χ0v) is 9.59. The number of hydrogen-bond donors (Lipinski definition) is 0. The van der Waals surface area contributed by atoms with E-state index in [0.717, 1.165) is 9.83 Å². The topological polar surface area (TPSA) is 0 Å². The normalized spacial score (nSPS) is 27.3. The summed E-state index contributed by atoms with van der Waals surface area (Å²) in [5.74, 6) is 6.98. The molecule has 0 aromatic heterocycles. The van der Waals surface area contributed by atoms with E-state index in [1.165, 1.54) is 28.8 Å². The maximum atomic E-state index is 2.20. The first-order chi connectivity index (χ1) is 5.45. The summed E-state index contributed by atoms with van der Waals surface area (Å²) in [7, 11) is 0. The fourth-order valence-electron chi connectivity index (χ4n) is 1.03. The smallest absolute Gasteiger partial charge is 0.0593 e. The van der Waals surface area contributed by atoms with Gasteiger partial charge in [0, 0.05) is 34.0 Å². The molecule has 2 fully saturated rings. The van der Waals surface area contributed by atoms with Crippen molar-refractivity contribution in [1.29, 1.82) is 0 Å². The van der Waals surface area contributed by atoms with Crippen molar-refractivity contribution >= 4 is 47.0 Å². The maximum absolute atomic E-state index is 2.20. The Labute approximate surface area is 85.4 Å². The number of rotatable bonds is 3. The van der Waals surface area contributed by atoms with Crippen LogP contribution >= 0.6 is 47.0 Å². The lowest BCUT2D eigenvalue weighted by molar-refractivity contribution is 1.08. The van der Waals surface area contributed by atoms with Crippen LogP contribution in [0.2, 0.25) is 0 Å². The van der Waals surface area contributed by atoms with Gasteiger partial charge in [-0.1, -0.05) is 0 Å². The molecule has 11 heavy (non-hydrogen) atoms. The largest absolute Gasteiger partial charge is 0.160 e. The van der Waals surface area contributed by atoms with Gasteiger partial charge in [-0.15, -0.1) is 23.5 Å². The molecule has 0 bridgehead atoms. The Morgan fingerprint density at radius 2 is 1.91 bits per heavy atom. The highest BCUT2D eigenvalue weighted by atomic mass is 32.2. The minimum Gasteiger partial charge on any atom is -0.160 e. The van der Waals surface area contributed by atoms with Gasteiger partial charge in [0.15, 0.2) is 0 Å². The molecule has 0 nitrogen and oxygen atoms in total. The Morgan fingerprint density at radius 3 is 2.45 bits per heavy atom. The molecule has 0 atom stereocenters. The van der Waals surface area contributed by atoms with Crippen molar-refractivity contribution in [3.63, 3.8) is 0 Å². The Kier molecular flexibility index (Phi) is 3.74. The van der Waals surface area contributed by atoms with Crippen LogP contribution in [-0.2, 0) is 0 Å². The van der Waals surface area contributed by atoms with Gasteiger partial charge in [0.1, 0.15) is 0 Å². The lowest BCUT2D eigenvalue weighted by Crippen LogP contribution is -2.22. The van der Waals surface area contributed by atoms with Crippen LogP contribution in [-0.4, -0.2) is 38.6 Å². The van der Waals surface area contributed by atoms with Crippen LogP contribution in [0.25, 0.3) is 0 Å². The Bertz CT molecular complexity index is 118. The molecule has 64 valence electrons. The molecule has 0 saturated carbocycles. The molecular weight excluding hydrogens is 212 g/mol. The summed E-state index contributed by atoms with van der Waals surface area (Å²) in [6, 6.07) is 0. The summed E-state index contributed by atoms with van der Waals surface area (Å²) in [5.41, 5.74) is 0. The van der Waals surface area contributed by atoms with E-state index in [9.17, 15) is 0 Å². The van der Waals surface area contributed by atoms with Crippen molar-refractivity contribution in [2.24, 2.45) is 0 Å².